The molecule has 0 heterocycles. The van der Waals surface area contributed by atoms with Crippen molar-refractivity contribution in [3.63, 3.8) is 0 Å². The number of aromatic hydroxyl groups is 1. The molecule has 5 heteroatoms. The maximum atomic E-state index is 12.3. The molecule has 0 aromatic heterocycles. The van der Waals surface area contributed by atoms with Crippen molar-refractivity contribution >= 4 is 11.9 Å². The van der Waals surface area contributed by atoms with E-state index in [2.05, 4.69) is 4.74 Å². The summed E-state index contributed by atoms with van der Waals surface area (Å²) in [6, 6.07) is 10.9. The summed E-state index contributed by atoms with van der Waals surface area (Å²) in [7, 11) is 0. The first-order valence-electron chi connectivity index (χ1n) is 6.65. The molecule has 2 aromatic carbocycles. The third-order valence-electron chi connectivity index (χ3n) is 3.50. The molecule has 1 aliphatic rings. The summed E-state index contributed by atoms with van der Waals surface area (Å²) in [5, 5.41) is 9.79. The molecular weight excluding hydrogens is 290 g/mol. The third-order valence-corrected chi connectivity index (χ3v) is 3.50. The van der Waals surface area contributed by atoms with Crippen LogP contribution < -0.4 is 4.74 Å². The average molecular weight is 302 g/mol. The molecule has 0 amide bonds. The molecular formula is C17H12F2O3. The van der Waals surface area contributed by atoms with E-state index in [1.165, 1.54) is 12.1 Å². The van der Waals surface area contributed by atoms with Gasteiger partial charge in [0, 0.05) is 23.1 Å². The molecule has 1 aliphatic carbocycles. The minimum absolute atomic E-state index is 0.0656. The van der Waals surface area contributed by atoms with Crippen LogP contribution in [0, 0.1) is 0 Å². The quantitative estimate of drug-likeness (QED) is 0.877. The number of ether oxygens (including phenoxy) is 1. The Bertz CT molecular complexity index is 749. The molecule has 22 heavy (non-hydrogen) atoms. The van der Waals surface area contributed by atoms with Gasteiger partial charge >= 0.3 is 6.61 Å². The predicted octanol–water partition coefficient (Wildman–Crippen LogP) is 3.82. The van der Waals surface area contributed by atoms with Gasteiger partial charge in [0.05, 0.1) is 0 Å². The first kappa shape index (κ1) is 14.3. The normalized spacial score (nSPS) is 15.4. The van der Waals surface area contributed by atoms with Crippen LogP contribution in [0.4, 0.5) is 8.78 Å². The van der Waals surface area contributed by atoms with E-state index in [-0.39, 0.29) is 17.3 Å². The van der Waals surface area contributed by atoms with Gasteiger partial charge in [0.15, 0.2) is 5.78 Å². The SMILES string of the molecule is O=C1/C(=C/c2ccc(OC(F)F)cc2)Cc2c(O)cccc21. The Hall–Kier alpha value is -2.69. The zero-order chi connectivity index (χ0) is 15.7. The van der Waals surface area contributed by atoms with Gasteiger partial charge in [-0.05, 0) is 29.8 Å². The van der Waals surface area contributed by atoms with Crippen molar-refractivity contribution in [2.75, 3.05) is 0 Å². The highest BCUT2D eigenvalue weighted by molar-refractivity contribution is 6.16. The molecule has 3 rings (SSSR count). The van der Waals surface area contributed by atoms with Gasteiger partial charge in [-0.25, -0.2) is 0 Å². The second-order valence-corrected chi connectivity index (χ2v) is 4.93. The Morgan fingerprint density at radius 2 is 1.86 bits per heavy atom. The fourth-order valence-electron chi connectivity index (χ4n) is 2.48. The van der Waals surface area contributed by atoms with Crippen LogP contribution in [0.3, 0.4) is 0 Å². The summed E-state index contributed by atoms with van der Waals surface area (Å²) >= 11 is 0. The highest BCUT2D eigenvalue weighted by Crippen LogP contribution is 2.33. The van der Waals surface area contributed by atoms with E-state index >= 15 is 0 Å². The van der Waals surface area contributed by atoms with E-state index < -0.39 is 6.61 Å². The average Bonchev–Trinajstić information content (AvgIpc) is 2.79. The predicted molar refractivity (Wildman–Crippen MR) is 77.2 cm³/mol. The molecule has 0 spiro atoms. The van der Waals surface area contributed by atoms with Crippen LogP contribution >= 0.6 is 0 Å². The van der Waals surface area contributed by atoms with E-state index in [1.54, 1.807) is 36.4 Å². The van der Waals surface area contributed by atoms with Crippen LogP contribution in [0.2, 0.25) is 0 Å². The molecule has 112 valence electrons. The third kappa shape index (κ3) is 2.70. The largest absolute Gasteiger partial charge is 0.508 e. The number of carbonyl (C=O) groups excluding carboxylic acids is 1. The number of benzene rings is 2. The molecule has 0 atom stereocenters. The van der Waals surface area contributed by atoms with Crippen LogP contribution in [0.25, 0.3) is 6.08 Å². The Kier molecular flexibility index (Phi) is 3.63. The van der Waals surface area contributed by atoms with Crippen molar-refractivity contribution < 1.29 is 23.4 Å². The Morgan fingerprint density at radius 1 is 1.14 bits per heavy atom. The highest BCUT2D eigenvalue weighted by Gasteiger charge is 2.26. The van der Waals surface area contributed by atoms with Crippen molar-refractivity contribution in [3.05, 3.63) is 64.7 Å². The van der Waals surface area contributed by atoms with Crippen LogP contribution in [0.1, 0.15) is 21.5 Å². The number of ketones is 1. The van der Waals surface area contributed by atoms with Gasteiger partial charge < -0.3 is 9.84 Å². The number of hydrogen-bond donors (Lipinski definition) is 1. The monoisotopic (exact) mass is 302 g/mol. The van der Waals surface area contributed by atoms with E-state index in [0.717, 1.165) is 0 Å². The summed E-state index contributed by atoms with van der Waals surface area (Å²) in [5.41, 5.74) is 2.39. The zero-order valence-electron chi connectivity index (χ0n) is 11.4. The fourth-order valence-corrected chi connectivity index (χ4v) is 2.48. The lowest BCUT2D eigenvalue weighted by molar-refractivity contribution is -0.0498. The van der Waals surface area contributed by atoms with Gasteiger partial charge in [-0.2, -0.15) is 8.78 Å². The number of carbonyl (C=O) groups is 1. The Balaban J connectivity index is 1.85. The number of allylic oxidation sites excluding steroid dienone is 1. The number of hydrogen-bond acceptors (Lipinski definition) is 3. The second kappa shape index (κ2) is 5.60. The van der Waals surface area contributed by atoms with E-state index in [9.17, 15) is 18.7 Å². The van der Waals surface area contributed by atoms with Crippen LogP contribution in [-0.2, 0) is 6.42 Å². The number of phenols is 1. The number of phenolic OH excluding ortho intramolecular Hbond substituents is 1. The lowest BCUT2D eigenvalue weighted by atomic mass is 10.1. The molecule has 0 saturated carbocycles. The molecule has 0 radical (unpaired) electrons. The van der Waals surface area contributed by atoms with Crippen molar-refractivity contribution in [2.24, 2.45) is 0 Å². The molecule has 0 bridgehead atoms. The van der Waals surface area contributed by atoms with E-state index in [4.69, 9.17) is 0 Å². The topological polar surface area (TPSA) is 46.5 Å². The molecule has 0 fully saturated rings. The van der Waals surface area contributed by atoms with Gasteiger partial charge in [0.25, 0.3) is 0 Å². The maximum absolute atomic E-state index is 12.3. The number of fused-ring (bicyclic) bond motifs is 1. The summed E-state index contributed by atoms with van der Waals surface area (Å²) in [6.45, 7) is -2.86. The van der Waals surface area contributed by atoms with Crippen molar-refractivity contribution in [1.29, 1.82) is 0 Å². The van der Waals surface area contributed by atoms with E-state index in [0.29, 0.717) is 28.7 Å². The molecule has 0 saturated heterocycles. The van der Waals surface area contributed by atoms with Gasteiger partial charge in [0.1, 0.15) is 11.5 Å². The van der Waals surface area contributed by atoms with Crippen LogP contribution in [-0.4, -0.2) is 17.5 Å². The Labute approximate surface area is 125 Å². The molecule has 2 aromatic rings. The number of alkyl halides is 2. The maximum Gasteiger partial charge on any atom is 0.387 e. The molecule has 3 nitrogen and oxygen atoms in total. The lowest BCUT2D eigenvalue weighted by Gasteiger charge is -2.04. The Morgan fingerprint density at radius 3 is 2.50 bits per heavy atom. The second-order valence-electron chi connectivity index (χ2n) is 4.93. The first-order chi connectivity index (χ1) is 10.5. The van der Waals surface area contributed by atoms with Crippen LogP contribution in [0.15, 0.2) is 48.0 Å². The lowest BCUT2D eigenvalue weighted by Crippen LogP contribution is -2.01. The molecule has 0 aliphatic heterocycles. The summed E-state index contributed by atoms with van der Waals surface area (Å²) < 4.78 is 28.4. The molecule has 1 N–H and O–H groups in total. The number of rotatable bonds is 3. The number of halogens is 2. The molecule has 0 unspecified atom stereocenters. The van der Waals surface area contributed by atoms with Crippen LogP contribution in [0.5, 0.6) is 11.5 Å². The van der Waals surface area contributed by atoms with Gasteiger partial charge in [0.2, 0.25) is 0 Å². The summed E-state index contributed by atoms with van der Waals surface area (Å²) in [6.07, 6.45) is 2.05. The van der Waals surface area contributed by atoms with Gasteiger partial charge in [-0.1, -0.05) is 24.3 Å². The minimum atomic E-state index is -2.86. The van der Waals surface area contributed by atoms with Gasteiger partial charge in [-0.3, -0.25) is 4.79 Å². The van der Waals surface area contributed by atoms with Crippen molar-refractivity contribution in [2.45, 2.75) is 13.0 Å². The fraction of sp³-hybridized carbons (Fsp3) is 0.118. The van der Waals surface area contributed by atoms with Crippen molar-refractivity contribution in [3.8, 4) is 11.5 Å². The summed E-state index contributed by atoms with van der Waals surface area (Å²) in [4.78, 5) is 12.3. The smallest absolute Gasteiger partial charge is 0.387 e. The first-order valence-corrected chi connectivity index (χ1v) is 6.65. The standard InChI is InChI=1S/C17H12F2O3/c18-17(19)22-12-6-4-10(5-7-12)8-11-9-14-13(16(11)21)2-1-3-15(14)20/h1-8,17,20H,9H2/b11-8+. The summed E-state index contributed by atoms with van der Waals surface area (Å²) in [5.74, 6) is 0.0459. The number of Topliss-reactive ketones (excluding diaryl/α,β-unsaturated/α-hetero) is 1. The zero-order valence-corrected chi connectivity index (χ0v) is 11.4. The van der Waals surface area contributed by atoms with E-state index in [1.807, 2.05) is 0 Å². The highest BCUT2D eigenvalue weighted by atomic mass is 19.3. The van der Waals surface area contributed by atoms with Crippen molar-refractivity contribution in [1.82, 2.24) is 0 Å². The minimum Gasteiger partial charge on any atom is -0.508 e. The van der Waals surface area contributed by atoms with Gasteiger partial charge in [-0.15, -0.1) is 0 Å².